The zero-order valence-corrected chi connectivity index (χ0v) is 15.3. The lowest BCUT2D eigenvalue weighted by Gasteiger charge is -2.11. The fraction of sp³-hybridized carbons (Fsp3) is 0.235. The van der Waals surface area contributed by atoms with Crippen LogP contribution in [-0.2, 0) is 21.2 Å². The molecule has 2 rings (SSSR count). The van der Waals surface area contributed by atoms with Gasteiger partial charge in [-0.3, -0.25) is 9.52 Å². The Bertz CT molecular complexity index is 945. The van der Waals surface area contributed by atoms with E-state index in [9.17, 15) is 30.8 Å². The highest BCUT2D eigenvalue weighted by Gasteiger charge is 2.27. The molecule has 2 aromatic carbocycles. The van der Waals surface area contributed by atoms with Crippen LogP contribution < -0.4 is 14.8 Å². The molecule has 0 bridgehead atoms. The van der Waals surface area contributed by atoms with E-state index in [1.807, 2.05) is 0 Å². The fourth-order valence-corrected chi connectivity index (χ4v) is 3.24. The molecule has 0 aliphatic heterocycles. The molecule has 2 N–H and O–H groups in total. The van der Waals surface area contributed by atoms with E-state index in [-0.39, 0.29) is 22.8 Å². The van der Waals surface area contributed by atoms with Crippen molar-refractivity contribution < 1.29 is 35.5 Å². The van der Waals surface area contributed by atoms with Gasteiger partial charge in [0.2, 0.25) is 5.91 Å². The summed E-state index contributed by atoms with van der Waals surface area (Å²) in [6.45, 7) is -1.43. The van der Waals surface area contributed by atoms with E-state index in [1.54, 1.807) is 5.32 Å². The Labute approximate surface area is 158 Å². The minimum absolute atomic E-state index is 0.105. The van der Waals surface area contributed by atoms with Gasteiger partial charge >= 0.3 is 6.18 Å². The number of amides is 1. The van der Waals surface area contributed by atoms with E-state index in [1.165, 1.54) is 43.5 Å². The van der Waals surface area contributed by atoms with E-state index >= 15 is 0 Å². The molecule has 28 heavy (non-hydrogen) atoms. The molecular weight excluding hydrogens is 404 g/mol. The summed E-state index contributed by atoms with van der Waals surface area (Å²) in [6.07, 6.45) is -4.80. The number of nitrogens with one attached hydrogen (secondary N) is 2. The maximum atomic E-state index is 13.7. The van der Waals surface area contributed by atoms with Crippen LogP contribution in [0.2, 0.25) is 0 Å². The number of sulfonamides is 1. The quantitative estimate of drug-likeness (QED) is 0.675. The van der Waals surface area contributed by atoms with Crippen LogP contribution in [0.1, 0.15) is 5.56 Å². The molecule has 0 radical (unpaired) electrons. The van der Waals surface area contributed by atoms with Crippen molar-refractivity contribution in [2.45, 2.75) is 17.5 Å². The topological polar surface area (TPSA) is 84.5 Å². The third-order valence-corrected chi connectivity index (χ3v) is 4.87. The molecule has 0 fully saturated rings. The summed E-state index contributed by atoms with van der Waals surface area (Å²) in [5.74, 6) is -1.77. The van der Waals surface area contributed by atoms with Gasteiger partial charge in [-0.25, -0.2) is 12.8 Å². The molecule has 0 atom stereocenters. The standard InChI is InChI=1S/C17H16F4N2O4S/c1-27-15-7-6-13(9-14(15)18)28(25,26)23-12-4-2-11(3-5-12)8-16(24)22-10-17(19,20)21/h2-7,9,23H,8,10H2,1H3,(H,22,24). The van der Waals surface area contributed by atoms with Gasteiger partial charge in [0.15, 0.2) is 11.6 Å². The molecular formula is C17H16F4N2O4S. The minimum atomic E-state index is -4.50. The number of rotatable bonds is 7. The lowest BCUT2D eigenvalue weighted by Crippen LogP contribution is -2.34. The van der Waals surface area contributed by atoms with Crippen LogP contribution in [0.25, 0.3) is 0 Å². The first kappa shape index (κ1) is 21.5. The number of carbonyl (C=O) groups is 1. The first-order valence-electron chi connectivity index (χ1n) is 7.79. The molecule has 0 spiro atoms. The highest BCUT2D eigenvalue weighted by molar-refractivity contribution is 7.92. The Morgan fingerprint density at radius 3 is 2.29 bits per heavy atom. The number of hydrogen-bond acceptors (Lipinski definition) is 4. The Morgan fingerprint density at radius 2 is 1.75 bits per heavy atom. The maximum Gasteiger partial charge on any atom is 0.405 e. The number of benzene rings is 2. The van der Waals surface area contributed by atoms with Crippen LogP contribution >= 0.6 is 0 Å². The number of ether oxygens (including phenoxy) is 1. The molecule has 152 valence electrons. The average molecular weight is 420 g/mol. The van der Waals surface area contributed by atoms with Crippen LogP contribution in [0.3, 0.4) is 0 Å². The number of halogens is 4. The minimum Gasteiger partial charge on any atom is -0.494 e. The maximum absolute atomic E-state index is 13.7. The Hall–Kier alpha value is -2.82. The molecule has 0 unspecified atom stereocenters. The van der Waals surface area contributed by atoms with Gasteiger partial charge in [-0.15, -0.1) is 0 Å². The van der Waals surface area contributed by atoms with Crippen molar-refractivity contribution in [2.24, 2.45) is 0 Å². The van der Waals surface area contributed by atoms with Crippen LogP contribution in [-0.4, -0.2) is 34.2 Å². The summed E-state index contributed by atoms with van der Waals surface area (Å²) in [5.41, 5.74) is 0.522. The van der Waals surface area contributed by atoms with Gasteiger partial charge < -0.3 is 10.1 Å². The number of alkyl halides is 3. The van der Waals surface area contributed by atoms with Gasteiger partial charge in [0, 0.05) is 5.69 Å². The van der Waals surface area contributed by atoms with Crippen LogP contribution in [0.15, 0.2) is 47.4 Å². The smallest absolute Gasteiger partial charge is 0.405 e. The molecule has 0 aromatic heterocycles. The van der Waals surface area contributed by atoms with E-state index < -0.39 is 34.5 Å². The van der Waals surface area contributed by atoms with Crippen molar-refractivity contribution in [3.63, 3.8) is 0 Å². The highest BCUT2D eigenvalue weighted by atomic mass is 32.2. The van der Waals surface area contributed by atoms with Crippen molar-refractivity contribution in [3.05, 3.63) is 53.8 Å². The number of methoxy groups -OCH3 is 1. The zero-order chi connectivity index (χ0) is 20.9. The van der Waals surface area contributed by atoms with Crippen LogP contribution in [0.5, 0.6) is 5.75 Å². The molecule has 0 aliphatic carbocycles. The van der Waals surface area contributed by atoms with E-state index in [0.29, 0.717) is 5.56 Å². The molecule has 0 saturated carbocycles. The van der Waals surface area contributed by atoms with E-state index in [2.05, 4.69) is 4.72 Å². The van der Waals surface area contributed by atoms with Crippen LogP contribution in [0, 0.1) is 5.82 Å². The Morgan fingerprint density at radius 1 is 1.11 bits per heavy atom. The van der Waals surface area contributed by atoms with Crippen molar-refractivity contribution in [1.82, 2.24) is 5.32 Å². The molecule has 0 aliphatic rings. The molecule has 0 heterocycles. The summed E-state index contributed by atoms with van der Waals surface area (Å²) in [6, 6.07) is 8.60. The number of anilines is 1. The lowest BCUT2D eigenvalue weighted by atomic mass is 10.1. The number of hydrogen-bond donors (Lipinski definition) is 2. The Balaban J connectivity index is 2.03. The second kappa shape index (κ2) is 8.46. The Kier molecular flexibility index (Phi) is 6.49. The van der Waals surface area contributed by atoms with Gasteiger partial charge in [0.25, 0.3) is 10.0 Å². The van der Waals surface area contributed by atoms with Gasteiger partial charge in [-0.2, -0.15) is 13.2 Å². The second-order valence-electron chi connectivity index (χ2n) is 5.67. The summed E-state index contributed by atoms with van der Waals surface area (Å²) < 4.78 is 81.5. The van der Waals surface area contributed by atoms with Gasteiger partial charge in [-0.05, 0) is 35.9 Å². The molecule has 6 nitrogen and oxygen atoms in total. The van der Waals surface area contributed by atoms with Gasteiger partial charge in [-0.1, -0.05) is 12.1 Å². The van der Waals surface area contributed by atoms with Crippen molar-refractivity contribution >= 4 is 21.6 Å². The highest BCUT2D eigenvalue weighted by Crippen LogP contribution is 2.23. The average Bonchev–Trinajstić information content (AvgIpc) is 2.61. The van der Waals surface area contributed by atoms with Gasteiger partial charge in [0.1, 0.15) is 6.54 Å². The van der Waals surface area contributed by atoms with E-state index in [4.69, 9.17) is 4.74 Å². The predicted molar refractivity (Wildman–Crippen MR) is 93.0 cm³/mol. The van der Waals surface area contributed by atoms with Crippen molar-refractivity contribution in [1.29, 1.82) is 0 Å². The second-order valence-corrected chi connectivity index (χ2v) is 7.35. The molecule has 0 saturated heterocycles. The first-order valence-corrected chi connectivity index (χ1v) is 9.27. The fourth-order valence-electron chi connectivity index (χ4n) is 2.17. The zero-order valence-electron chi connectivity index (χ0n) is 14.5. The largest absolute Gasteiger partial charge is 0.494 e. The summed E-state index contributed by atoms with van der Waals surface area (Å²) in [5, 5.41) is 1.74. The number of carbonyl (C=O) groups excluding carboxylic acids is 1. The molecule has 1 amide bonds. The van der Waals surface area contributed by atoms with Crippen molar-refractivity contribution in [3.8, 4) is 5.75 Å². The van der Waals surface area contributed by atoms with Crippen molar-refractivity contribution in [2.75, 3.05) is 18.4 Å². The lowest BCUT2D eigenvalue weighted by molar-refractivity contribution is -0.138. The predicted octanol–water partition coefficient (Wildman–Crippen LogP) is 2.86. The first-order chi connectivity index (χ1) is 13.0. The third kappa shape index (κ3) is 6.12. The summed E-state index contributed by atoms with van der Waals surface area (Å²) in [7, 11) is -2.83. The monoisotopic (exact) mass is 420 g/mol. The normalized spacial score (nSPS) is 11.8. The summed E-state index contributed by atoms with van der Waals surface area (Å²) in [4.78, 5) is 11.2. The summed E-state index contributed by atoms with van der Waals surface area (Å²) >= 11 is 0. The molecule has 11 heteroatoms. The SMILES string of the molecule is COc1ccc(S(=O)(=O)Nc2ccc(CC(=O)NCC(F)(F)F)cc2)cc1F. The third-order valence-electron chi connectivity index (χ3n) is 3.49. The van der Waals surface area contributed by atoms with Crippen LogP contribution in [0.4, 0.5) is 23.2 Å². The van der Waals surface area contributed by atoms with Gasteiger partial charge in [0.05, 0.1) is 18.4 Å². The van der Waals surface area contributed by atoms with E-state index in [0.717, 1.165) is 6.07 Å². The molecule has 2 aromatic rings.